The molecule has 0 bridgehead atoms. The van der Waals surface area contributed by atoms with Gasteiger partial charge in [0.25, 0.3) is 5.91 Å². The summed E-state index contributed by atoms with van der Waals surface area (Å²) in [5.41, 5.74) is 4.62. The molecule has 1 unspecified atom stereocenters. The highest BCUT2D eigenvalue weighted by Gasteiger charge is 2.33. The number of carbonyl (C=O) groups excluding carboxylic acids is 1. The Morgan fingerprint density at radius 2 is 2.15 bits per heavy atom. The first kappa shape index (κ1) is 14.8. The number of nitrogens with one attached hydrogen (secondary N) is 1. The average molecular weight is 297 g/mol. The monoisotopic (exact) mass is 297 g/mol. The molecule has 6 nitrogen and oxygen atoms in total. The molecule has 20 heavy (non-hydrogen) atoms. The van der Waals surface area contributed by atoms with E-state index in [9.17, 15) is 13.2 Å². The third-order valence-electron chi connectivity index (χ3n) is 3.70. The number of carbonyl (C=O) groups is 1. The summed E-state index contributed by atoms with van der Waals surface area (Å²) in [6, 6.07) is 4.97. The van der Waals surface area contributed by atoms with Crippen molar-refractivity contribution in [3.05, 3.63) is 29.3 Å². The predicted molar refractivity (Wildman–Crippen MR) is 78.1 cm³/mol. The summed E-state index contributed by atoms with van der Waals surface area (Å²) in [5, 5.41) is 0. The molecule has 110 valence electrons. The number of rotatable bonds is 3. The van der Waals surface area contributed by atoms with Crippen LogP contribution in [0, 0.1) is 6.92 Å². The normalized spacial score (nSPS) is 20.6. The van der Waals surface area contributed by atoms with Gasteiger partial charge in [-0.2, -0.15) is 0 Å². The second kappa shape index (κ2) is 5.41. The van der Waals surface area contributed by atoms with Crippen molar-refractivity contribution in [1.29, 1.82) is 0 Å². The smallest absolute Gasteiger partial charge is 0.254 e. The molecular formula is C13H19N3O3S. The van der Waals surface area contributed by atoms with Gasteiger partial charge in [0.1, 0.15) is 0 Å². The maximum absolute atomic E-state index is 12.4. The third-order valence-corrected chi connectivity index (χ3v) is 5.45. The highest BCUT2D eigenvalue weighted by Crippen LogP contribution is 2.21. The van der Waals surface area contributed by atoms with Crippen molar-refractivity contribution < 1.29 is 13.2 Å². The lowest BCUT2D eigenvalue weighted by molar-refractivity contribution is 0.0747. The second-order valence-electron chi connectivity index (χ2n) is 5.15. The fourth-order valence-electron chi connectivity index (χ4n) is 2.43. The first-order chi connectivity index (χ1) is 9.34. The molecule has 1 amide bonds. The highest BCUT2D eigenvalue weighted by molar-refractivity contribution is 7.91. The lowest BCUT2D eigenvalue weighted by Crippen LogP contribution is -2.38. The van der Waals surface area contributed by atoms with Gasteiger partial charge >= 0.3 is 0 Å². The van der Waals surface area contributed by atoms with Gasteiger partial charge in [0.05, 0.1) is 11.5 Å². The lowest BCUT2D eigenvalue weighted by atomic mass is 10.1. The molecule has 1 atom stereocenters. The molecule has 1 heterocycles. The number of hydrazine groups is 1. The van der Waals surface area contributed by atoms with Crippen molar-refractivity contribution in [3.8, 4) is 0 Å². The summed E-state index contributed by atoms with van der Waals surface area (Å²) in [4.78, 5) is 14.0. The fourth-order valence-corrected chi connectivity index (χ4v) is 4.20. The highest BCUT2D eigenvalue weighted by atomic mass is 32.2. The molecule has 0 radical (unpaired) electrons. The van der Waals surface area contributed by atoms with Crippen LogP contribution in [0.1, 0.15) is 22.3 Å². The summed E-state index contributed by atoms with van der Waals surface area (Å²) < 4.78 is 23.0. The van der Waals surface area contributed by atoms with E-state index in [4.69, 9.17) is 5.84 Å². The van der Waals surface area contributed by atoms with Crippen LogP contribution in [0.5, 0.6) is 0 Å². The molecule has 0 saturated carbocycles. The first-order valence-electron chi connectivity index (χ1n) is 6.39. The number of nitrogens with two attached hydrogens (primary N) is 1. The summed E-state index contributed by atoms with van der Waals surface area (Å²) in [6.45, 7) is 1.83. The molecule has 0 aromatic heterocycles. The zero-order chi connectivity index (χ0) is 14.9. The summed E-state index contributed by atoms with van der Waals surface area (Å²) >= 11 is 0. The van der Waals surface area contributed by atoms with Crippen molar-refractivity contribution in [2.45, 2.75) is 19.4 Å². The van der Waals surface area contributed by atoms with E-state index in [0.29, 0.717) is 12.0 Å². The molecule has 0 aliphatic carbocycles. The third kappa shape index (κ3) is 2.94. The van der Waals surface area contributed by atoms with Crippen molar-refractivity contribution in [2.75, 3.05) is 24.0 Å². The van der Waals surface area contributed by atoms with E-state index in [1.54, 1.807) is 25.2 Å². The van der Waals surface area contributed by atoms with Crippen LogP contribution in [0.15, 0.2) is 18.2 Å². The fraction of sp³-hybridized carbons (Fsp3) is 0.462. The maximum Gasteiger partial charge on any atom is 0.254 e. The average Bonchev–Trinajstić information content (AvgIpc) is 2.77. The minimum Gasteiger partial charge on any atom is -0.338 e. The Hall–Kier alpha value is -1.60. The molecule has 7 heteroatoms. The van der Waals surface area contributed by atoms with Crippen molar-refractivity contribution in [1.82, 2.24) is 4.90 Å². The molecule has 1 aromatic rings. The van der Waals surface area contributed by atoms with Crippen LogP contribution < -0.4 is 11.3 Å². The van der Waals surface area contributed by atoms with E-state index in [2.05, 4.69) is 5.43 Å². The summed E-state index contributed by atoms with van der Waals surface area (Å²) in [6.07, 6.45) is 0.506. The summed E-state index contributed by atoms with van der Waals surface area (Å²) in [7, 11) is -1.34. The van der Waals surface area contributed by atoms with E-state index in [-0.39, 0.29) is 23.5 Å². The van der Waals surface area contributed by atoms with Crippen molar-refractivity contribution >= 4 is 21.4 Å². The van der Waals surface area contributed by atoms with Crippen LogP contribution >= 0.6 is 0 Å². The van der Waals surface area contributed by atoms with Gasteiger partial charge in [-0.3, -0.25) is 10.6 Å². The molecule has 1 aliphatic heterocycles. The van der Waals surface area contributed by atoms with Gasteiger partial charge < -0.3 is 10.3 Å². The number of nitrogens with zero attached hydrogens (tertiary/aromatic N) is 1. The quantitative estimate of drug-likeness (QED) is 0.627. The molecule has 3 N–H and O–H groups in total. The Bertz CT molecular complexity index is 628. The standard InChI is InChI=1S/C13H19N3O3S/c1-9-7-10(15-14)3-4-12(9)13(17)16(2)11-5-6-20(18,19)8-11/h3-4,7,11,15H,5-6,8,14H2,1-2H3. The molecule has 1 aromatic carbocycles. The van der Waals surface area contributed by atoms with Crippen molar-refractivity contribution in [3.63, 3.8) is 0 Å². The number of anilines is 1. The molecule has 1 saturated heterocycles. The van der Waals surface area contributed by atoms with Gasteiger partial charge in [-0.25, -0.2) is 8.42 Å². The second-order valence-corrected chi connectivity index (χ2v) is 7.38. The van der Waals surface area contributed by atoms with Gasteiger partial charge in [0.15, 0.2) is 9.84 Å². The molecule has 2 rings (SSSR count). The lowest BCUT2D eigenvalue weighted by Gasteiger charge is -2.24. The van der Waals surface area contributed by atoms with Crippen LogP contribution in [0.2, 0.25) is 0 Å². The van der Waals surface area contributed by atoms with Gasteiger partial charge in [-0.05, 0) is 37.1 Å². The number of sulfone groups is 1. The van der Waals surface area contributed by atoms with E-state index in [1.165, 1.54) is 4.90 Å². The largest absolute Gasteiger partial charge is 0.338 e. The molecule has 1 fully saturated rings. The molecule has 0 spiro atoms. The van der Waals surface area contributed by atoms with E-state index in [1.807, 2.05) is 6.92 Å². The van der Waals surface area contributed by atoms with Gasteiger partial charge in [-0.15, -0.1) is 0 Å². The van der Waals surface area contributed by atoms with Crippen LogP contribution in [0.25, 0.3) is 0 Å². The van der Waals surface area contributed by atoms with Gasteiger partial charge in [-0.1, -0.05) is 0 Å². The Kier molecular flexibility index (Phi) is 4.01. The molecule has 1 aliphatic rings. The maximum atomic E-state index is 12.4. The topological polar surface area (TPSA) is 92.5 Å². The zero-order valence-corrected chi connectivity index (χ0v) is 12.4. The Labute approximate surface area is 118 Å². The zero-order valence-electron chi connectivity index (χ0n) is 11.6. The van der Waals surface area contributed by atoms with Crippen LogP contribution in [-0.4, -0.2) is 43.8 Å². The summed E-state index contributed by atoms with van der Waals surface area (Å²) in [5.74, 6) is 5.37. The number of nitrogen functional groups attached to an aromatic ring is 1. The van der Waals surface area contributed by atoms with Crippen LogP contribution in [0.4, 0.5) is 5.69 Å². The van der Waals surface area contributed by atoms with Gasteiger partial charge in [0, 0.05) is 24.3 Å². The molecular weight excluding hydrogens is 278 g/mol. The predicted octanol–water partition coefficient (Wildman–Crippen LogP) is 0.540. The van der Waals surface area contributed by atoms with E-state index >= 15 is 0 Å². The Balaban J connectivity index is 2.19. The van der Waals surface area contributed by atoms with E-state index in [0.717, 1.165) is 11.3 Å². The first-order valence-corrected chi connectivity index (χ1v) is 8.21. The number of hydrogen-bond acceptors (Lipinski definition) is 5. The Morgan fingerprint density at radius 3 is 2.65 bits per heavy atom. The van der Waals surface area contributed by atoms with Crippen molar-refractivity contribution in [2.24, 2.45) is 5.84 Å². The number of benzene rings is 1. The van der Waals surface area contributed by atoms with Gasteiger partial charge in [0.2, 0.25) is 0 Å². The minimum absolute atomic E-state index is 0.0523. The number of amides is 1. The number of aryl methyl sites for hydroxylation is 1. The minimum atomic E-state index is -3.00. The van der Waals surface area contributed by atoms with E-state index < -0.39 is 9.84 Å². The Morgan fingerprint density at radius 1 is 1.45 bits per heavy atom. The number of hydrogen-bond donors (Lipinski definition) is 2. The van der Waals surface area contributed by atoms with Crippen LogP contribution in [0.3, 0.4) is 0 Å². The van der Waals surface area contributed by atoms with Crippen LogP contribution in [-0.2, 0) is 9.84 Å². The SMILES string of the molecule is Cc1cc(NN)ccc1C(=O)N(C)C1CCS(=O)(=O)C1.